The maximum atomic E-state index is 12.4. The van der Waals surface area contributed by atoms with Gasteiger partial charge in [-0.25, -0.2) is 0 Å². The molecule has 5 heteroatoms. The molecule has 1 atom stereocenters. The van der Waals surface area contributed by atoms with Crippen LogP contribution in [0.1, 0.15) is 54.3 Å². The topological polar surface area (TPSA) is 75.4 Å². The summed E-state index contributed by atoms with van der Waals surface area (Å²) in [4.78, 5) is 26.4. The number of nitrogens with one attached hydrogen (secondary N) is 1. The van der Waals surface area contributed by atoms with E-state index in [-0.39, 0.29) is 17.4 Å². The van der Waals surface area contributed by atoms with Crippen LogP contribution in [-0.4, -0.2) is 41.9 Å². The van der Waals surface area contributed by atoms with Crippen LogP contribution in [0.15, 0.2) is 24.3 Å². The zero-order chi connectivity index (χ0) is 17.0. The van der Waals surface area contributed by atoms with Crippen LogP contribution in [0.4, 0.5) is 0 Å². The summed E-state index contributed by atoms with van der Waals surface area (Å²) in [5, 5.41) is 3.06. The Kier molecular flexibility index (Phi) is 5.42. The molecule has 5 nitrogen and oxygen atoms in total. The molecular formula is C18H27N3O2. The summed E-state index contributed by atoms with van der Waals surface area (Å²) >= 11 is 0. The van der Waals surface area contributed by atoms with Crippen molar-refractivity contribution in [3.05, 3.63) is 35.4 Å². The Hall–Kier alpha value is -1.88. The van der Waals surface area contributed by atoms with E-state index in [0.717, 1.165) is 12.8 Å². The molecule has 1 saturated carbocycles. The van der Waals surface area contributed by atoms with Gasteiger partial charge in [-0.15, -0.1) is 0 Å². The zero-order valence-electron chi connectivity index (χ0n) is 14.3. The van der Waals surface area contributed by atoms with E-state index in [9.17, 15) is 9.59 Å². The van der Waals surface area contributed by atoms with Gasteiger partial charge in [-0.1, -0.05) is 0 Å². The molecule has 3 N–H and O–H groups in total. The minimum atomic E-state index is -0.340. The van der Waals surface area contributed by atoms with E-state index in [1.54, 1.807) is 29.2 Å². The lowest BCUT2D eigenvalue weighted by atomic mass is 9.95. The zero-order valence-corrected chi connectivity index (χ0v) is 14.3. The fourth-order valence-electron chi connectivity index (χ4n) is 2.83. The van der Waals surface area contributed by atoms with E-state index < -0.39 is 0 Å². The highest BCUT2D eigenvalue weighted by atomic mass is 16.2. The number of rotatable bonds is 7. The number of amides is 2. The van der Waals surface area contributed by atoms with Crippen molar-refractivity contribution >= 4 is 11.8 Å². The number of benzene rings is 1. The van der Waals surface area contributed by atoms with E-state index >= 15 is 0 Å². The molecule has 1 aliphatic rings. The van der Waals surface area contributed by atoms with Crippen molar-refractivity contribution in [1.29, 1.82) is 0 Å². The second-order valence-corrected chi connectivity index (χ2v) is 6.40. The van der Waals surface area contributed by atoms with Crippen molar-refractivity contribution in [2.24, 2.45) is 11.7 Å². The van der Waals surface area contributed by atoms with Crippen LogP contribution >= 0.6 is 0 Å². The van der Waals surface area contributed by atoms with Gasteiger partial charge in [-0.3, -0.25) is 9.59 Å². The first-order valence-electron chi connectivity index (χ1n) is 8.37. The fourth-order valence-corrected chi connectivity index (χ4v) is 2.83. The number of carbonyl (C=O) groups excluding carboxylic acids is 2. The average molecular weight is 317 g/mol. The first kappa shape index (κ1) is 17.5. The summed E-state index contributed by atoms with van der Waals surface area (Å²) < 4.78 is 0. The third-order valence-corrected chi connectivity index (χ3v) is 4.75. The van der Waals surface area contributed by atoms with Crippen LogP contribution < -0.4 is 11.1 Å². The monoisotopic (exact) mass is 317 g/mol. The predicted octanol–water partition coefficient (Wildman–Crippen LogP) is 2.03. The molecule has 1 unspecified atom stereocenters. The van der Waals surface area contributed by atoms with Gasteiger partial charge in [0, 0.05) is 30.8 Å². The highest BCUT2D eigenvalue weighted by Crippen LogP contribution is 2.39. The summed E-state index contributed by atoms with van der Waals surface area (Å²) in [7, 11) is 0. The second kappa shape index (κ2) is 7.13. The summed E-state index contributed by atoms with van der Waals surface area (Å²) in [6.07, 6.45) is 2.23. The lowest BCUT2D eigenvalue weighted by Gasteiger charge is -2.29. The molecule has 0 aromatic heterocycles. The average Bonchev–Trinajstić information content (AvgIpc) is 3.41. The highest BCUT2D eigenvalue weighted by molar-refractivity contribution is 5.98. The van der Waals surface area contributed by atoms with Gasteiger partial charge < -0.3 is 16.0 Å². The van der Waals surface area contributed by atoms with Gasteiger partial charge in [0.1, 0.15) is 0 Å². The molecule has 126 valence electrons. The normalized spacial score (nSPS) is 16.5. The Bertz CT molecular complexity index is 562. The van der Waals surface area contributed by atoms with Crippen LogP contribution in [0.25, 0.3) is 0 Å². The summed E-state index contributed by atoms with van der Waals surface area (Å²) in [6.45, 7) is 7.69. The standard InChI is InChI=1S/C18H27N3O2/c1-4-21(5-2)17(23)14-8-6-13(7-9-14)16(22)20-18(3,12-19)15-10-11-15/h6-9,15H,4-5,10-12,19H2,1-3H3,(H,20,22). The van der Waals surface area contributed by atoms with E-state index in [0.29, 0.717) is 36.7 Å². The van der Waals surface area contributed by atoms with E-state index in [2.05, 4.69) is 5.32 Å². The molecule has 0 bridgehead atoms. The minimum Gasteiger partial charge on any atom is -0.345 e. The van der Waals surface area contributed by atoms with Gasteiger partial charge in [0.2, 0.25) is 0 Å². The summed E-state index contributed by atoms with van der Waals surface area (Å²) in [5.41, 5.74) is 6.66. The molecular weight excluding hydrogens is 290 g/mol. The first-order valence-corrected chi connectivity index (χ1v) is 8.37. The van der Waals surface area contributed by atoms with Crippen LogP contribution in [0.3, 0.4) is 0 Å². The van der Waals surface area contributed by atoms with E-state index in [1.807, 2.05) is 20.8 Å². The predicted molar refractivity (Wildman–Crippen MR) is 91.3 cm³/mol. The number of nitrogens with two attached hydrogens (primary N) is 1. The largest absolute Gasteiger partial charge is 0.345 e. The van der Waals surface area contributed by atoms with Gasteiger partial charge in [0.05, 0.1) is 5.54 Å². The van der Waals surface area contributed by atoms with Gasteiger partial charge >= 0.3 is 0 Å². The number of hydrogen-bond donors (Lipinski definition) is 2. The Morgan fingerprint density at radius 3 is 2.13 bits per heavy atom. The lowest BCUT2D eigenvalue weighted by molar-refractivity contribution is 0.0772. The van der Waals surface area contributed by atoms with Crippen LogP contribution in [0, 0.1) is 5.92 Å². The maximum absolute atomic E-state index is 12.4. The molecule has 0 radical (unpaired) electrons. The number of hydrogen-bond acceptors (Lipinski definition) is 3. The van der Waals surface area contributed by atoms with Crippen molar-refractivity contribution in [3.63, 3.8) is 0 Å². The van der Waals surface area contributed by atoms with Gasteiger partial charge in [-0.2, -0.15) is 0 Å². The van der Waals surface area contributed by atoms with E-state index in [1.165, 1.54) is 0 Å². The molecule has 0 aliphatic heterocycles. The third kappa shape index (κ3) is 3.91. The summed E-state index contributed by atoms with van der Waals surface area (Å²) in [6, 6.07) is 6.84. The molecule has 1 aromatic rings. The fraction of sp³-hybridized carbons (Fsp3) is 0.556. The molecule has 1 fully saturated rings. The van der Waals surface area contributed by atoms with E-state index in [4.69, 9.17) is 5.73 Å². The minimum absolute atomic E-state index is 0.00765. The molecule has 2 rings (SSSR count). The lowest BCUT2D eigenvalue weighted by Crippen LogP contribution is -2.53. The molecule has 0 spiro atoms. The third-order valence-electron chi connectivity index (χ3n) is 4.75. The van der Waals surface area contributed by atoms with Crippen molar-refractivity contribution < 1.29 is 9.59 Å². The highest BCUT2D eigenvalue weighted by Gasteiger charge is 2.41. The first-order chi connectivity index (χ1) is 10.9. The Labute approximate surface area is 138 Å². The van der Waals surface area contributed by atoms with Crippen LogP contribution in [0.2, 0.25) is 0 Å². The van der Waals surface area contributed by atoms with Gasteiger partial charge in [0.25, 0.3) is 11.8 Å². The van der Waals surface area contributed by atoms with Crippen LogP contribution in [-0.2, 0) is 0 Å². The Morgan fingerprint density at radius 2 is 1.70 bits per heavy atom. The van der Waals surface area contributed by atoms with Crippen molar-refractivity contribution in [2.75, 3.05) is 19.6 Å². The number of carbonyl (C=O) groups is 2. The molecule has 1 aromatic carbocycles. The maximum Gasteiger partial charge on any atom is 0.253 e. The number of nitrogens with zero attached hydrogens (tertiary/aromatic N) is 1. The second-order valence-electron chi connectivity index (χ2n) is 6.40. The molecule has 2 amide bonds. The molecule has 0 saturated heterocycles. The molecule has 0 heterocycles. The SMILES string of the molecule is CCN(CC)C(=O)c1ccc(C(=O)NC(C)(CN)C2CC2)cc1. The van der Waals surface area contributed by atoms with Crippen LogP contribution in [0.5, 0.6) is 0 Å². The molecule has 23 heavy (non-hydrogen) atoms. The van der Waals surface area contributed by atoms with Crippen molar-refractivity contribution in [2.45, 2.75) is 39.2 Å². The Morgan fingerprint density at radius 1 is 1.17 bits per heavy atom. The quantitative estimate of drug-likeness (QED) is 0.808. The van der Waals surface area contributed by atoms with Gasteiger partial charge in [-0.05, 0) is 63.8 Å². The Balaban J connectivity index is 2.07. The molecule has 1 aliphatic carbocycles. The summed E-state index contributed by atoms with van der Waals surface area (Å²) in [5.74, 6) is 0.332. The van der Waals surface area contributed by atoms with Crippen molar-refractivity contribution in [1.82, 2.24) is 10.2 Å². The van der Waals surface area contributed by atoms with Crippen molar-refractivity contribution in [3.8, 4) is 0 Å². The van der Waals surface area contributed by atoms with Gasteiger partial charge in [0.15, 0.2) is 0 Å². The smallest absolute Gasteiger partial charge is 0.253 e.